The van der Waals surface area contributed by atoms with E-state index in [2.05, 4.69) is 10.6 Å². The average molecular weight is 318 g/mol. The van der Waals surface area contributed by atoms with Gasteiger partial charge in [0.15, 0.2) is 0 Å². The van der Waals surface area contributed by atoms with E-state index in [1.807, 2.05) is 0 Å². The maximum absolute atomic E-state index is 12.8. The molecule has 1 atom stereocenters. The first-order chi connectivity index (χ1) is 9.97. The zero-order valence-electron chi connectivity index (χ0n) is 11.4. The first-order valence-electron chi connectivity index (χ1n) is 6.70. The Balaban J connectivity index is 1.89. The van der Waals surface area contributed by atoms with Crippen LogP contribution in [0.4, 0.5) is 13.2 Å². The SMILES string of the molecule is O=C(CC1CSCCN1)NCc1ccccc1C(F)(F)F. The molecule has 1 fully saturated rings. The summed E-state index contributed by atoms with van der Waals surface area (Å²) in [6.07, 6.45) is -4.11. The fourth-order valence-electron chi connectivity index (χ4n) is 2.19. The van der Waals surface area contributed by atoms with E-state index >= 15 is 0 Å². The number of nitrogens with one attached hydrogen (secondary N) is 2. The van der Waals surface area contributed by atoms with E-state index in [9.17, 15) is 18.0 Å². The molecule has 1 saturated heterocycles. The Morgan fingerprint density at radius 3 is 2.81 bits per heavy atom. The van der Waals surface area contributed by atoms with Crippen molar-refractivity contribution in [1.29, 1.82) is 0 Å². The standard InChI is InChI=1S/C14H17F3N2OS/c15-14(16,17)12-4-2-1-3-10(12)8-19-13(20)7-11-9-21-6-5-18-11/h1-4,11,18H,5-9H2,(H,19,20). The van der Waals surface area contributed by atoms with Crippen molar-refractivity contribution < 1.29 is 18.0 Å². The first-order valence-corrected chi connectivity index (χ1v) is 7.85. The molecule has 0 aromatic heterocycles. The predicted octanol–water partition coefficient (Wildman–Crippen LogP) is 2.42. The van der Waals surface area contributed by atoms with Crippen LogP contribution >= 0.6 is 11.8 Å². The number of alkyl halides is 3. The van der Waals surface area contributed by atoms with Crippen molar-refractivity contribution in [3.8, 4) is 0 Å². The van der Waals surface area contributed by atoms with Crippen molar-refractivity contribution in [2.24, 2.45) is 0 Å². The van der Waals surface area contributed by atoms with Crippen molar-refractivity contribution >= 4 is 17.7 Å². The van der Waals surface area contributed by atoms with Crippen molar-refractivity contribution in [2.45, 2.75) is 25.2 Å². The highest BCUT2D eigenvalue weighted by Gasteiger charge is 2.32. The van der Waals surface area contributed by atoms with Gasteiger partial charge in [-0.1, -0.05) is 18.2 Å². The second kappa shape index (κ2) is 7.17. The van der Waals surface area contributed by atoms with Crippen LogP contribution in [0, 0.1) is 0 Å². The third-order valence-corrected chi connectivity index (χ3v) is 4.36. The van der Waals surface area contributed by atoms with E-state index < -0.39 is 11.7 Å². The summed E-state index contributed by atoms with van der Waals surface area (Å²) < 4.78 is 38.5. The quantitative estimate of drug-likeness (QED) is 0.896. The lowest BCUT2D eigenvalue weighted by Gasteiger charge is -2.22. The maximum Gasteiger partial charge on any atom is 0.416 e. The highest BCUT2D eigenvalue weighted by molar-refractivity contribution is 7.99. The third kappa shape index (κ3) is 4.93. The molecule has 1 amide bonds. The molecule has 0 saturated carbocycles. The van der Waals surface area contributed by atoms with E-state index in [4.69, 9.17) is 0 Å². The topological polar surface area (TPSA) is 41.1 Å². The van der Waals surface area contributed by atoms with E-state index in [-0.39, 0.29) is 24.1 Å². The lowest BCUT2D eigenvalue weighted by molar-refractivity contribution is -0.138. The van der Waals surface area contributed by atoms with Gasteiger partial charge < -0.3 is 10.6 Å². The van der Waals surface area contributed by atoms with Gasteiger partial charge in [-0.3, -0.25) is 4.79 Å². The molecule has 0 radical (unpaired) electrons. The van der Waals surface area contributed by atoms with Crippen molar-refractivity contribution in [1.82, 2.24) is 10.6 Å². The first kappa shape index (κ1) is 16.2. The summed E-state index contributed by atoms with van der Waals surface area (Å²) in [6.45, 7) is 0.758. The molecule has 1 aliphatic heterocycles. The molecule has 7 heteroatoms. The summed E-state index contributed by atoms with van der Waals surface area (Å²) in [5.41, 5.74) is -0.610. The fourth-order valence-corrected chi connectivity index (χ4v) is 3.14. The van der Waals surface area contributed by atoms with Crippen LogP contribution in [-0.2, 0) is 17.5 Å². The lowest BCUT2D eigenvalue weighted by Crippen LogP contribution is -2.41. The van der Waals surface area contributed by atoms with Crippen LogP contribution in [0.25, 0.3) is 0 Å². The largest absolute Gasteiger partial charge is 0.416 e. The van der Waals surface area contributed by atoms with Gasteiger partial charge in [-0.15, -0.1) is 0 Å². The Kier molecular flexibility index (Phi) is 5.52. The van der Waals surface area contributed by atoms with Gasteiger partial charge >= 0.3 is 6.18 Å². The smallest absolute Gasteiger partial charge is 0.352 e. The fraction of sp³-hybridized carbons (Fsp3) is 0.500. The molecule has 1 heterocycles. The minimum atomic E-state index is -4.40. The molecule has 0 aliphatic carbocycles. The minimum absolute atomic E-state index is 0.0873. The van der Waals surface area contributed by atoms with Crippen LogP contribution in [-0.4, -0.2) is 30.0 Å². The summed E-state index contributed by atoms with van der Waals surface area (Å²) in [6, 6.07) is 5.40. The summed E-state index contributed by atoms with van der Waals surface area (Å²) in [4.78, 5) is 11.8. The lowest BCUT2D eigenvalue weighted by atomic mass is 10.1. The van der Waals surface area contributed by atoms with Crippen LogP contribution in [0.1, 0.15) is 17.5 Å². The van der Waals surface area contributed by atoms with E-state index in [1.165, 1.54) is 18.2 Å². The molecule has 0 bridgehead atoms. The van der Waals surface area contributed by atoms with Crippen molar-refractivity contribution in [3.05, 3.63) is 35.4 Å². The molecule has 116 valence electrons. The molecule has 1 unspecified atom stereocenters. The molecule has 1 aromatic carbocycles. The number of rotatable bonds is 4. The molecular formula is C14H17F3N2OS. The molecule has 3 nitrogen and oxygen atoms in total. The summed E-state index contributed by atoms with van der Waals surface area (Å²) in [5.74, 6) is 1.65. The Bertz CT molecular complexity index is 487. The number of halogens is 3. The number of hydrogen-bond donors (Lipinski definition) is 2. The van der Waals surface area contributed by atoms with Gasteiger partial charge in [-0.05, 0) is 11.6 Å². The van der Waals surface area contributed by atoms with Gasteiger partial charge in [0.2, 0.25) is 5.91 Å². The number of thioether (sulfide) groups is 1. The molecule has 1 aliphatic rings. The number of carbonyl (C=O) groups is 1. The zero-order valence-corrected chi connectivity index (χ0v) is 12.2. The van der Waals surface area contributed by atoms with E-state index in [0.29, 0.717) is 6.42 Å². The Hall–Kier alpha value is -1.21. The highest BCUT2D eigenvalue weighted by Crippen LogP contribution is 2.31. The molecule has 1 aromatic rings. The number of hydrogen-bond acceptors (Lipinski definition) is 3. The highest BCUT2D eigenvalue weighted by atomic mass is 32.2. The monoisotopic (exact) mass is 318 g/mol. The summed E-state index contributed by atoms with van der Waals surface area (Å²) in [5, 5.41) is 5.79. The maximum atomic E-state index is 12.8. The minimum Gasteiger partial charge on any atom is -0.352 e. The average Bonchev–Trinajstić information content (AvgIpc) is 2.45. The van der Waals surface area contributed by atoms with E-state index in [1.54, 1.807) is 11.8 Å². The van der Waals surface area contributed by atoms with Gasteiger partial charge in [-0.2, -0.15) is 24.9 Å². The van der Waals surface area contributed by atoms with Gasteiger partial charge in [0.1, 0.15) is 0 Å². The number of carbonyl (C=O) groups excluding carboxylic acids is 1. The second-order valence-corrected chi connectivity index (χ2v) is 6.01. The van der Waals surface area contributed by atoms with Gasteiger partial charge in [-0.25, -0.2) is 0 Å². The third-order valence-electron chi connectivity index (χ3n) is 3.23. The molecule has 0 spiro atoms. The van der Waals surface area contributed by atoms with Crippen LogP contribution < -0.4 is 10.6 Å². The molecule has 2 N–H and O–H groups in total. The van der Waals surface area contributed by atoms with Crippen LogP contribution in [0.5, 0.6) is 0 Å². The number of benzene rings is 1. The van der Waals surface area contributed by atoms with Crippen molar-refractivity contribution in [2.75, 3.05) is 18.1 Å². The second-order valence-electron chi connectivity index (χ2n) is 4.86. The van der Waals surface area contributed by atoms with Gasteiger partial charge in [0, 0.05) is 37.1 Å². The molecule has 21 heavy (non-hydrogen) atoms. The van der Waals surface area contributed by atoms with Gasteiger partial charge in [0.25, 0.3) is 0 Å². The molecular weight excluding hydrogens is 301 g/mol. The Morgan fingerprint density at radius 1 is 1.38 bits per heavy atom. The van der Waals surface area contributed by atoms with Crippen LogP contribution in [0.15, 0.2) is 24.3 Å². The zero-order chi connectivity index (χ0) is 15.3. The summed E-state index contributed by atoms with van der Waals surface area (Å²) in [7, 11) is 0. The van der Waals surface area contributed by atoms with Crippen molar-refractivity contribution in [3.63, 3.8) is 0 Å². The Morgan fingerprint density at radius 2 is 2.14 bits per heavy atom. The molecule has 2 rings (SSSR count). The summed E-state index contributed by atoms with van der Waals surface area (Å²) >= 11 is 1.77. The Labute approximate surface area is 125 Å². The number of amides is 1. The van der Waals surface area contributed by atoms with E-state index in [0.717, 1.165) is 24.1 Å². The van der Waals surface area contributed by atoms with Crippen LogP contribution in [0.2, 0.25) is 0 Å². The van der Waals surface area contributed by atoms with Crippen LogP contribution in [0.3, 0.4) is 0 Å². The van der Waals surface area contributed by atoms with Gasteiger partial charge in [0.05, 0.1) is 5.56 Å². The predicted molar refractivity (Wildman–Crippen MR) is 77.0 cm³/mol. The normalized spacial score (nSPS) is 19.3.